The largest absolute Gasteiger partial charge is 0.476 e. The van der Waals surface area contributed by atoms with Crippen LogP contribution in [-0.4, -0.2) is 20.9 Å². The Morgan fingerprint density at radius 3 is 2.89 bits per heavy atom. The molecule has 0 fully saturated rings. The number of rotatable bonds is 4. The molecule has 0 atom stereocenters. The third-order valence-electron chi connectivity index (χ3n) is 2.73. The van der Waals surface area contributed by atoms with Crippen molar-refractivity contribution in [1.82, 2.24) is 9.78 Å². The summed E-state index contributed by atoms with van der Waals surface area (Å²) in [6.45, 7) is 2.02. The van der Waals surface area contributed by atoms with Crippen LogP contribution in [0.5, 0.6) is 0 Å². The maximum atomic E-state index is 11.0. The van der Waals surface area contributed by atoms with E-state index >= 15 is 0 Å². The molecule has 96 valence electrons. The first-order valence-electron chi connectivity index (χ1n) is 5.98. The van der Waals surface area contributed by atoms with E-state index in [0.717, 1.165) is 18.5 Å². The van der Waals surface area contributed by atoms with Gasteiger partial charge in [0.2, 0.25) is 0 Å². The van der Waals surface area contributed by atoms with E-state index in [1.165, 1.54) is 0 Å². The Morgan fingerprint density at radius 2 is 2.26 bits per heavy atom. The minimum absolute atomic E-state index is 0.0193. The Bertz CT molecular complexity index is 653. The van der Waals surface area contributed by atoms with E-state index in [-0.39, 0.29) is 5.69 Å². The second kappa shape index (κ2) is 5.36. The smallest absolute Gasteiger partial charge is 0.356 e. The molecular formula is C14H13N3O2. The Morgan fingerprint density at radius 1 is 1.47 bits per heavy atom. The fraction of sp³-hybridized carbons (Fsp3) is 0.214. The molecule has 0 aliphatic rings. The average Bonchev–Trinajstić information content (AvgIpc) is 2.83. The first-order chi connectivity index (χ1) is 9.15. The molecule has 0 saturated carbocycles. The predicted molar refractivity (Wildman–Crippen MR) is 69.2 cm³/mol. The quantitative estimate of drug-likeness (QED) is 0.909. The number of aromatic nitrogens is 2. The van der Waals surface area contributed by atoms with E-state index in [1.54, 1.807) is 35.0 Å². The van der Waals surface area contributed by atoms with Crippen LogP contribution < -0.4 is 0 Å². The van der Waals surface area contributed by atoms with E-state index in [2.05, 4.69) is 11.2 Å². The van der Waals surface area contributed by atoms with E-state index in [0.29, 0.717) is 11.3 Å². The van der Waals surface area contributed by atoms with Gasteiger partial charge < -0.3 is 5.11 Å². The number of carboxylic acid groups (broad SMARTS) is 1. The normalized spacial score (nSPS) is 10.1. The van der Waals surface area contributed by atoms with Crippen LogP contribution in [0.1, 0.15) is 35.1 Å². The number of aromatic carboxylic acids is 1. The number of aryl methyl sites for hydroxylation is 1. The Kier molecular flexibility index (Phi) is 3.62. The number of hydrogen-bond acceptors (Lipinski definition) is 3. The SMILES string of the molecule is CCCc1cc(C(=O)O)nn1-c1cccc(C#N)c1. The molecule has 2 rings (SSSR count). The zero-order valence-corrected chi connectivity index (χ0v) is 10.5. The zero-order valence-electron chi connectivity index (χ0n) is 10.5. The van der Waals surface area contributed by atoms with Gasteiger partial charge in [0.15, 0.2) is 5.69 Å². The molecule has 1 heterocycles. The number of carboxylic acids is 1. The first kappa shape index (κ1) is 12.8. The van der Waals surface area contributed by atoms with Gasteiger partial charge in [0.1, 0.15) is 0 Å². The number of nitrogens with zero attached hydrogens (tertiary/aromatic N) is 3. The highest BCUT2D eigenvalue weighted by Crippen LogP contribution is 2.16. The molecule has 0 aliphatic heterocycles. The lowest BCUT2D eigenvalue weighted by Crippen LogP contribution is -2.04. The van der Waals surface area contributed by atoms with Crippen molar-refractivity contribution in [2.45, 2.75) is 19.8 Å². The first-order valence-corrected chi connectivity index (χ1v) is 5.98. The summed E-state index contributed by atoms with van der Waals surface area (Å²) in [4.78, 5) is 11.0. The molecule has 0 bridgehead atoms. The van der Waals surface area contributed by atoms with Gasteiger partial charge in [-0.2, -0.15) is 10.4 Å². The van der Waals surface area contributed by atoms with E-state index < -0.39 is 5.97 Å². The summed E-state index contributed by atoms with van der Waals surface area (Å²) in [5, 5.41) is 22.0. The molecule has 1 aromatic carbocycles. The molecule has 0 aliphatic carbocycles. The van der Waals surface area contributed by atoms with Crippen LogP contribution in [-0.2, 0) is 6.42 Å². The molecule has 0 unspecified atom stereocenters. The Balaban J connectivity index is 2.53. The molecule has 1 aromatic heterocycles. The summed E-state index contributed by atoms with van der Waals surface area (Å²) in [6, 6.07) is 10.6. The molecule has 19 heavy (non-hydrogen) atoms. The monoisotopic (exact) mass is 255 g/mol. The fourth-order valence-electron chi connectivity index (χ4n) is 1.89. The van der Waals surface area contributed by atoms with Crippen LogP contribution in [0.3, 0.4) is 0 Å². The van der Waals surface area contributed by atoms with Crippen LogP contribution in [0.4, 0.5) is 0 Å². The molecule has 5 nitrogen and oxygen atoms in total. The van der Waals surface area contributed by atoms with E-state index in [1.807, 2.05) is 6.92 Å². The van der Waals surface area contributed by atoms with Crippen LogP contribution in [0.25, 0.3) is 5.69 Å². The van der Waals surface area contributed by atoms with Gasteiger partial charge in [0, 0.05) is 5.69 Å². The third kappa shape index (κ3) is 2.63. The van der Waals surface area contributed by atoms with Crippen molar-refractivity contribution in [2.75, 3.05) is 0 Å². The highest BCUT2D eigenvalue weighted by Gasteiger charge is 2.14. The predicted octanol–water partition coefficient (Wildman–Crippen LogP) is 2.39. The van der Waals surface area contributed by atoms with Crippen molar-refractivity contribution in [3.63, 3.8) is 0 Å². The Hall–Kier alpha value is -2.61. The highest BCUT2D eigenvalue weighted by atomic mass is 16.4. The van der Waals surface area contributed by atoms with Gasteiger partial charge >= 0.3 is 5.97 Å². The third-order valence-corrected chi connectivity index (χ3v) is 2.73. The molecule has 1 N–H and O–H groups in total. The second-order valence-electron chi connectivity index (χ2n) is 4.15. The van der Waals surface area contributed by atoms with Gasteiger partial charge in [-0.3, -0.25) is 0 Å². The van der Waals surface area contributed by atoms with Gasteiger partial charge in [-0.25, -0.2) is 9.48 Å². The Labute approximate surface area is 110 Å². The van der Waals surface area contributed by atoms with E-state index in [9.17, 15) is 4.79 Å². The number of nitriles is 1. The van der Waals surface area contributed by atoms with Crippen molar-refractivity contribution in [1.29, 1.82) is 5.26 Å². The molecule has 0 spiro atoms. The maximum absolute atomic E-state index is 11.0. The summed E-state index contributed by atoms with van der Waals surface area (Å²) < 4.78 is 1.59. The number of hydrogen-bond donors (Lipinski definition) is 1. The molecule has 0 saturated heterocycles. The lowest BCUT2D eigenvalue weighted by atomic mass is 10.2. The van der Waals surface area contributed by atoms with Crippen LogP contribution >= 0.6 is 0 Å². The van der Waals surface area contributed by atoms with Crippen molar-refractivity contribution in [2.24, 2.45) is 0 Å². The van der Waals surface area contributed by atoms with Gasteiger partial charge in [0.05, 0.1) is 17.3 Å². The molecule has 5 heteroatoms. The van der Waals surface area contributed by atoms with Crippen molar-refractivity contribution in [3.8, 4) is 11.8 Å². The summed E-state index contributed by atoms with van der Waals surface area (Å²) in [6.07, 6.45) is 1.62. The maximum Gasteiger partial charge on any atom is 0.356 e. The lowest BCUT2D eigenvalue weighted by molar-refractivity contribution is 0.0690. The summed E-state index contributed by atoms with van der Waals surface area (Å²) in [5.74, 6) is -1.05. The minimum atomic E-state index is -1.05. The van der Waals surface area contributed by atoms with Gasteiger partial charge in [0.25, 0.3) is 0 Å². The summed E-state index contributed by atoms with van der Waals surface area (Å²) in [7, 11) is 0. The van der Waals surface area contributed by atoms with Crippen molar-refractivity contribution in [3.05, 3.63) is 47.3 Å². The zero-order chi connectivity index (χ0) is 13.8. The number of benzene rings is 1. The summed E-state index contributed by atoms with van der Waals surface area (Å²) in [5.41, 5.74) is 2.07. The summed E-state index contributed by atoms with van der Waals surface area (Å²) >= 11 is 0. The average molecular weight is 255 g/mol. The molecule has 2 aromatic rings. The second-order valence-corrected chi connectivity index (χ2v) is 4.15. The lowest BCUT2D eigenvalue weighted by Gasteiger charge is -2.06. The topological polar surface area (TPSA) is 78.9 Å². The molecule has 0 radical (unpaired) electrons. The van der Waals surface area contributed by atoms with Gasteiger partial charge in [-0.05, 0) is 30.7 Å². The van der Waals surface area contributed by atoms with Crippen LogP contribution in [0.2, 0.25) is 0 Å². The van der Waals surface area contributed by atoms with Crippen LogP contribution in [0, 0.1) is 11.3 Å². The van der Waals surface area contributed by atoms with Crippen molar-refractivity contribution >= 4 is 5.97 Å². The molecule has 0 amide bonds. The highest BCUT2D eigenvalue weighted by molar-refractivity contribution is 5.85. The van der Waals surface area contributed by atoms with Crippen molar-refractivity contribution < 1.29 is 9.90 Å². The van der Waals surface area contributed by atoms with Gasteiger partial charge in [-0.1, -0.05) is 19.4 Å². The molecular weight excluding hydrogens is 242 g/mol. The standard InChI is InChI=1S/C14H13N3O2/c1-2-4-11-8-13(14(18)19)16-17(11)12-6-3-5-10(7-12)9-15/h3,5-8H,2,4H2,1H3,(H,18,19). The minimum Gasteiger partial charge on any atom is -0.476 e. The number of carbonyl (C=O) groups is 1. The van der Waals surface area contributed by atoms with Crippen LogP contribution in [0.15, 0.2) is 30.3 Å². The van der Waals surface area contributed by atoms with E-state index in [4.69, 9.17) is 10.4 Å². The van der Waals surface area contributed by atoms with Gasteiger partial charge in [-0.15, -0.1) is 0 Å². The fourth-order valence-corrected chi connectivity index (χ4v) is 1.89.